The molecule has 0 atom stereocenters. The largest absolute Gasteiger partial charge is 0.481 e. The average molecular weight is 1120 g/mol. The maximum absolute atomic E-state index is 13.5. The van der Waals surface area contributed by atoms with Crippen LogP contribution in [0.2, 0.25) is 0 Å². The number of benzene rings is 2. The number of halogens is 3. The molecule has 8 aromatic rings. The van der Waals surface area contributed by atoms with Crippen LogP contribution in [0.4, 0.5) is 30.0 Å². The number of aromatic nitrogens is 6. The Morgan fingerprint density at radius 2 is 0.912 bits per heavy atom. The molecular weight excluding hydrogens is 1050 g/mol. The average Bonchev–Trinajstić information content (AvgIpc) is 4.06. The quantitative estimate of drug-likeness (QED) is 0.0394. The molecule has 0 saturated heterocycles. The van der Waals surface area contributed by atoms with Crippen LogP contribution in [0.15, 0.2) is 122 Å². The first-order chi connectivity index (χ1) is 37.7. The van der Waals surface area contributed by atoms with Crippen LogP contribution in [0, 0.1) is 11.6 Å². The third kappa shape index (κ3) is 19.3. The van der Waals surface area contributed by atoms with Gasteiger partial charge in [0.05, 0.1) is 11.4 Å². The highest BCUT2D eigenvalue weighted by Crippen LogP contribution is 2.39. The molecule has 8 rings (SSSR count). The van der Waals surface area contributed by atoms with E-state index in [2.05, 4.69) is 51.2 Å². The Balaban J connectivity index is 0.000000240. The molecule has 422 valence electrons. The molecule has 9 N–H and O–H groups in total. The molecule has 0 bridgehead atoms. The van der Waals surface area contributed by atoms with E-state index in [1.165, 1.54) is 24.3 Å². The van der Waals surface area contributed by atoms with Crippen LogP contribution in [-0.2, 0) is 23.9 Å². The van der Waals surface area contributed by atoms with Crippen LogP contribution in [0.5, 0.6) is 0 Å². The smallest absolute Gasteiger partial charge is 0.407 e. The molecule has 0 saturated carbocycles. The van der Waals surface area contributed by atoms with E-state index < -0.39 is 29.4 Å². The number of carbonyl (C=O) groups is 5. The summed E-state index contributed by atoms with van der Waals surface area (Å²) < 4.78 is 37.1. The van der Waals surface area contributed by atoms with Gasteiger partial charge >= 0.3 is 18.2 Å². The number of fused-ring (bicyclic) bond motifs is 2. The summed E-state index contributed by atoms with van der Waals surface area (Å²) in [5, 5.41) is 20.8. The monoisotopic (exact) mass is 1120 g/mol. The van der Waals surface area contributed by atoms with Crippen molar-refractivity contribution in [3.63, 3.8) is 0 Å². The van der Waals surface area contributed by atoms with Crippen molar-refractivity contribution in [1.29, 1.82) is 0 Å². The number of rotatable bonds is 17. The van der Waals surface area contributed by atoms with E-state index in [9.17, 15) is 32.8 Å². The van der Waals surface area contributed by atoms with Gasteiger partial charge in [0.15, 0.2) is 0 Å². The van der Waals surface area contributed by atoms with Crippen LogP contribution >= 0.6 is 12.4 Å². The highest BCUT2D eigenvalue weighted by Gasteiger charge is 2.20. The van der Waals surface area contributed by atoms with Crippen molar-refractivity contribution in [2.24, 2.45) is 5.73 Å². The van der Waals surface area contributed by atoms with Crippen LogP contribution in [0.3, 0.4) is 0 Å². The minimum atomic E-state index is -0.865. The van der Waals surface area contributed by atoms with Crippen LogP contribution in [-0.4, -0.2) is 95.8 Å². The third-order valence-corrected chi connectivity index (χ3v) is 11.1. The Morgan fingerprint density at radius 3 is 1.27 bits per heavy atom. The second kappa shape index (κ2) is 29.2. The molecule has 6 aromatic heterocycles. The first-order valence-corrected chi connectivity index (χ1v) is 25.5. The molecule has 6 heterocycles. The van der Waals surface area contributed by atoms with Crippen molar-refractivity contribution in [3.8, 4) is 44.8 Å². The minimum absolute atomic E-state index is 0. The van der Waals surface area contributed by atoms with Gasteiger partial charge in [-0.05, 0) is 187 Å². The maximum Gasteiger partial charge on any atom is 0.407 e. The number of aromatic amines is 2. The van der Waals surface area contributed by atoms with E-state index in [1.807, 2.05) is 36.4 Å². The molecule has 80 heavy (non-hydrogen) atoms. The summed E-state index contributed by atoms with van der Waals surface area (Å²) in [5.74, 6) is -0.945. The van der Waals surface area contributed by atoms with Gasteiger partial charge in [-0.2, -0.15) is 0 Å². The zero-order chi connectivity index (χ0) is 57.1. The van der Waals surface area contributed by atoms with Crippen molar-refractivity contribution in [3.05, 3.63) is 133 Å². The van der Waals surface area contributed by atoms with Gasteiger partial charge < -0.3 is 51.5 Å². The first kappa shape index (κ1) is 62.0. The molecule has 0 aliphatic carbocycles. The fourth-order valence-corrected chi connectivity index (χ4v) is 7.76. The zero-order valence-corrected chi connectivity index (χ0v) is 46.1. The molecule has 22 heteroatoms. The number of anilines is 2. The number of hydrogen-bond donors (Lipinski definition) is 8. The predicted octanol–water partition coefficient (Wildman–Crippen LogP) is 11.6. The Morgan fingerprint density at radius 1 is 0.537 bits per heavy atom. The summed E-state index contributed by atoms with van der Waals surface area (Å²) in [6.07, 6.45) is 7.95. The summed E-state index contributed by atoms with van der Waals surface area (Å²) in [4.78, 5) is 81.3. The summed E-state index contributed by atoms with van der Waals surface area (Å²) in [6.45, 7) is 11.8. The van der Waals surface area contributed by atoms with Gasteiger partial charge in [0.1, 0.15) is 45.8 Å². The number of ether oxygens (including phenoxy) is 2. The lowest BCUT2D eigenvalue weighted by atomic mass is 10.00. The highest BCUT2D eigenvalue weighted by atomic mass is 35.5. The molecule has 0 unspecified atom stereocenters. The number of carbonyl (C=O) groups excluding carboxylic acids is 4. The summed E-state index contributed by atoms with van der Waals surface area (Å²) in [5.41, 5.74) is 12.6. The van der Waals surface area contributed by atoms with Crippen LogP contribution in [0.25, 0.3) is 66.8 Å². The predicted molar refractivity (Wildman–Crippen MR) is 307 cm³/mol. The highest BCUT2D eigenvalue weighted by molar-refractivity contribution is 6.05. The second-order valence-corrected chi connectivity index (χ2v) is 19.9. The number of nitrogens with two attached hydrogens (primary N) is 1. The molecular formula is C58H66ClF2N11O8. The van der Waals surface area contributed by atoms with Gasteiger partial charge in [-0.1, -0.05) is 0 Å². The van der Waals surface area contributed by atoms with Gasteiger partial charge in [0.25, 0.3) is 0 Å². The molecule has 0 spiro atoms. The van der Waals surface area contributed by atoms with Gasteiger partial charge in [0.2, 0.25) is 11.8 Å². The van der Waals surface area contributed by atoms with Crippen LogP contribution in [0.1, 0.15) is 80.1 Å². The van der Waals surface area contributed by atoms with Gasteiger partial charge in [-0.15, -0.1) is 12.4 Å². The van der Waals surface area contributed by atoms with Crippen molar-refractivity contribution in [1.82, 2.24) is 40.5 Å². The van der Waals surface area contributed by atoms with Crippen molar-refractivity contribution < 1.29 is 47.3 Å². The molecule has 0 aliphatic rings. The van der Waals surface area contributed by atoms with Gasteiger partial charge in [-0.25, -0.2) is 28.3 Å². The lowest BCUT2D eigenvalue weighted by Gasteiger charge is -2.19. The van der Waals surface area contributed by atoms with Crippen molar-refractivity contribution >= 4 is 76.1 Å². The number of nitrogens with one attached hydrogen (secondary N) is 6. The molecule has 2 aromatic carbocycles. The van der Waals surface area contributed by atoms with Crippen LogP contribution < -0.4 is 27.0 Å². The normalized spacial score (nSPS) is 11.0. The third-order valence-electron chi connectivity index (χ3n) is 11.1. The summed E-state index contributed by atoms with van der Waals surface area (Å²) in [6, 6.07) is 27.5. The van der Waals surface area contributed by atoms with E-state index in [0.29, 0.717) is 68.2 Å². The number of carboxylic acids is 1. The van der Waals surface area contributed by atoms with Gasteiger partial charge in [0, 0.05) is 79.0 Å². The Hall–Kier alpha value is -8.82. The van der Waals surface area contributed by atoms with E-state index in [4.69, 9.17) is 20.3 Å². The van der Waals surface area contributed by atoms with Crippen molar-refractivity contribution in [2.75, 3.05) is 30.3 Å². The Kier molecular flexibility index (Phi) is 22.7. The summed E-state index contributed by atoms with van der Waals surface area (Å²) >= 11 is 0. The number of H-pyrrole nitrogens is 2. The molecule has 4 amide bonds. The van der Waals surface area contributed by atoms with E-state index in [-0.39, 0.29) is 48.7 Å². The van der Waals surface area contributed by atoms with E-state index in [0.717, 1.165) is 55.5 Å². The number of aliphatic carboxylic acids is 1. The molecule has 19 nitrogen and oxygen atoms in total. The maximum atomic E-state index is 13.5. The zero-order valence-electron chi connectivity index (χ0n) is 45.2. The standard InChI is InChI=1S/C27H28FN5O3.C22H20FN5O.C9H17NO4.ClH/c1-27(2,3)36-26(35)30-14-4-5-22(34)31-21-11-10-20-23(17-12-15-29-16-13-17)24(33-25(20)32-21)18-6-8-19(28)9-7-18;23-16-5-3-15(4-6-16)21-20(14-9-12-25-13-10-14)17-7-8-18(27-22(17)28-21)26-19(29)2-1-11-24;1-9(2,3)14-8(13)10-6-4-5-7(11)12;/h6-13,15-16H,4-5,14H2,1-3H3,(H,30,35)(H2,31,32,33,34);3-10,12-13H,1-2,11,24H2,(H2,26,27,28,29);4-6H2,1-3H3,(H,10,13)(H,11,12);1H. The molecule has 0 radical (unpaired) electrons. The van der Waals surface area contributed by atoms with E-state index >= 15 is 0 Å². The lowest BCUT2D eigenvalue weighted by Crippen LogP contribution is -2.33. The number of alkyl carbamates (subject to hydrolysis) is 2. The van der Waals surface area contributed by atoms with E-state index in [1.54, 1.807) is 103 Å². The Labute approximate surface area is 467 Å². The number of amides is 4. The summed E-state index contributed by atoms with van der Waals surface area (Å²) in [7, 11) is 0. The van der Waals surface area contributed by atoms with Crippen molar-refractivity contribution in [2.45, 2.75) is 91.3 Å². The second-order valence-electron chi connectivity index (χ2n) is 19.9. The fraction of sp³-hybridized carbons (Fsp3) is 0.293. The lowest BCUT2D eigenvalue weighted by molar-refractivity contribution is -0.137. The number of pyridine rings is 4. The molecule has 0 aliphatic heterocycles. The minimum Gasteiger partial charge on any atom is -0.481 e. The number of carboxylic acid groups (broad SMARTS) is 1. The topological polar surface area (TPSA) is 281 Å². The number of hydrogen-bond acceptors (Lipinski definition) is 12. The number of nitrogens with zero attached hydrogens (tertiary/aromatic N) is 4. The molecule has 0 fully saturated rings. The first-order valence-electron chi connectivity index (χ1n) is 25.5. The Bertz CT molecular complexity index is 3330. The SMILES string of the molecule is CC(C)(C)OC(=O)NCCCC(=O)Nc1ccc2c(-c3ccncc3)c(-c3ccc(F)cc3)[nH]c2n1.CC(C)(C)OC(=O)NCCCC(=O)O.Cl.NCCCC(=O)Nc1ccc2c(-c3ccncc3)c(-c3ccc(F)cc3)[nH]c2n1. The fourth-order valence-electron chi connectivity index (χ4n) is 7.76. The van der Waals surface area contributed by atoms with Gasteiger partial charge in [-0.3, -0.25) is 24.4 Å².